The van der Waals surface area contributed by atoms with Crippen molar-refractivity contribution in [1.29, 1.82) is 0 Å². The van der Waals surface area contributed by atoms with E-state index < -0.39 is 0 Å². The molecule has 166 valence electrons. The van der Waals surface area contributed by atoms with Gasteiger partial charge in [0.05, 0.1) is 31.1 Å². The SMILES string of the molecule is Cc1nc(N(C(=O)c2ccccc2NCCCOCCOCCN)C(C)C)sc1C. The van der Waals surface area contributed by atoms with Crippen molar-refractivity contribution in [3.05, 3.63) is 40.4 Å². The van der Waals surface area contributed by atoms with E-state index in [-0.39, 0.29) is 11.9 Å². The zero-order valence-electron chi connectivity index (χ0n) is 18.4. The minimum absolute atomic E-state index is 0.00500. The van der Waals surface area contributed by atoms with Crippen LogP contribution in [0.15, 0.2) is 24.3 Å². The third-order valence-corrected chi connectivity index (χ3v) is 5.60. The Morgan fingerprint density at radius 2 is 1.87 bits per heavy atom. The summed E-state index contributed by atoms with van der Waals surface area (Å²) >= 11 is 1.55. The number of ether oxygens (including phenoxy) is 2. The van der Waals surface area contributed by atoms with E-state index in [2.05, 4.69) is 10.3 Å². The standard InChI is InChI=1S/C22H34N4O3S/c1-16(2)26(22-25-17(3)18(4)30-22)21(27)19-8-5-6-9-20(19)24-11-7-12-28-14-15-29-13-10-23/h5-6,8-9,16,24H,7,10-15,23H2,1-4H3. The van der Waals surface area contributed by atoms with Gasteiger partial charge in [-0.1, -0.05) is 12.1 Å². The first-order valence-electron chi connectivity index (χ1n) is 10.4. The molecule has 0 saturated carbocycles. The quantitative estimate of drug-likeness (QED) is 0.468. The maximum atomic E-state index is 13.4. The summed E-state index contributed by atoms with van der Waals surface area (Å²) in [4.78, 5) is 20.9. The van der Waals surface area contributed by atoms with Gasteiger partial charge < -0.3 is 20.5 Å². The van der Waals surface area contributed by atoms with Gasteiger partial charge in [0.25, 0.3) is 5.91 Å². The van der Waals surface area contributed by atoms with E-state index in [0.717, 1.165) is 27.8 Å². The Kier molecular flexibility index (Phi) is 10.2. The number of aryl methyl sites for hydroxylation is 2. The Hall–Kier alpha value is -2.00. The molecule has 3 N–H and O–H groups in total. The van der Waals surface area contributed by atoms with Gasteiger partial charge in [0.1, 0.15) is 0 Å². The van der Waals surface area contributed by atoms with Gasteiger partial charge in [-0.25, -0.2) is 4.98 Å². The number of aromatic nitrogens is 1. The fraction of sp³-hybridized carbons (Fsp3) is 0.545. The molecule has 0 radical (unpaired) electrons. The third-order valence-electron chi connectivity index (χ3n) is 4.53. The highest BCUT2D eigenvalue weighted by Crippen LogP contribution is 2.29. The van der Waals surface area contributed by atoms with Crippen LogP contribution in [-0.2, 0) is 9.47 Å². The number of hydrogen-bond acceptors (Lipinski definition) is 7. The predicted molar refractivity (Wildman–Crippen MR) is 124 cm³/mol. The van der Waals surface area contributed by atoms with Crippen molar-refractivity contribution in [3.63, 3.8) is 0 Å². The van der Waals surface area contributed by atoms with E-state index in [4.69, 9.17) is 15.2 Å². The summed E-state index contributed by atoms with van der Waals surface area (Å²) in [5, 5.41) is 4.12. The molecule has 1 aromatic carbocycles. The van der Waals surface area contributed by atoms with Crippen molar-refractivity contribution in [3.8, 4) is 0 Å². The molecule has 0 bridgehead atoms. The summed E-state index contributed by atoms with van der Waals surface area (Å²) in [6, 6.07) is 7.62. The minimum Gasteiger partial charge on any atom is -0.384 e. The average Bonchev–Trinajstić information content (AvgIpc) is 3.04. The number of thiazole rings is 1. The van der Waals surface area contributed by atoms with Crippen LogP contribution < -0.4 is 16.0 Å². The molecule has 2 rings (SSSR count). The van der Waals surface area contributed by atoms with Crippen LogP contribution in [0.1, 0.15) is 41.2 Å². The smallest absolute Gasteiger partial charge is 0.262 e. The molecule has 30 heavy (non-hydrogen) atoms. The van der Waals surface area contributed by atoms with E-state index in [9.17, 15) is 4.79 Å². The maximum Gasteiger partial charge on any atom is 0.262 e. The lowest BCUT2D eigenvalue weighted by atomic mass is 10.1. The fourth-order valence-electron chi connectivity index (χ4n) is 2.86. The number of anilines is 2. The van der Waals surface area contributed by atoms with Gasteiger partial charge in [-0.15, -0.1) is 11.3 Å². The molecule has 7 nitrogen and oxygen atoms in total. The summed E-state index contributed by atoms with van der Waals surface area (Å²) in [6.45, 7) is 11.6. The Morgan fingerprint density at radius 3 is 2.50 bits per heavy atom. The van der Waals surface area contributed by atoms with Crippen LogP contribution >= 0.6 is 11.3 Å². The van der Waals surface area contributed by atoms with Gasteiger partial charge in [-0.05, 0) is 46.2 Å². The second-order valence-electron chi connectivity index (χ2n) is 7.25. The second kappa shape index (κ2) is 12.6. The van der Waals surface area contributed by atoms with Gasteiger partial charge in [0.2, 0.25) is 0 Å². The van der Waals surface area contributed by atoms with Gasteiger partial charge in [-0.3, -0.25) is 9.69 Å². The lowest BCUT2D eigenvalue weighted by Crippen LogP contribution is -2.37. The molecular weight excluding hydrogens is 400 g/mol. The van der Waals surface area contributed by atoms with E-state index in [0.29, 0.717) is 45.1 Å². The molecule has 1 aromatic heterocycles. The maximum absolute atomic E-state index is 13.4. The van der Waals surface area contributed by atoms with Crippen molar-refractivity contribution in [2.45, 2.75) is 40.2 Å². The molecule has 0 aliphatic rings. The largest absolute Gasteiger partial charge is 0.384 e. The molecule has 0 aliphatic heterocycles. The lowest BCUT2D eigenvalue weighted by molar-refractivity contribution is 0.0507. The number of carbonyl (C=O) groups is 1. The fourth-order valence-corrected chi connectivity index (χ4v) is 3.90. The van der Waals surface area contributed by atoms with Crippen molar-refractivity contribution < 1.29 is 14.3 Å². The number of benzene rings is 1. The summed E-state index contributed by atoms with van der Waals surface area (Å²) in [7, 11) is 0. The molecule has 2 aromatic rings. The van der Waals surface area contributed by atoms with Gasteiger partial charge in [-0.2, -0.15) is 0 Å². The number of hydrogen-bond donors (Lipinski definition) is 2. The number of amides is 1. The molecule has 0 spiro atoms. The number of nitrogens with one attached hydrogen (secondary N) is 1. The number of carbonyl (C=O) groups excluding carboxylic acids is 1. The molecular formula is C22H34N4O3S. The van der Waals surface area contributed by atoms with Crippen LogP contribution in [0.2, 0.25) is 0 Å². The summed E-state index contributed by atoms with van der Waals surface area (Å²) < 4.78 is 10.8. The minimum atomic E-state index is -0.0462. The van der Waals surface area contributed by atoms with Crippen LogP contribution in [0.3, 0.4) is 0 Å². The van der Waals surface area contributed by atoms with Crippen molar-refractivity contribution in [1.82, 2.24) is 4.98 Å². The molecule has 0 aliphatic carbocycles. The van der Waals surface area contributed by atoms with Crippen LogP contribution in [0.4, 0.5) is 10.8 Å². The van der Waals surface area contributed by atoms with E-state index in [1.807, 2.05) is 52.0 Å². The van der Waals surface area contributed by atoms with Crippen LogP contribution in [0.5, 0.6) is 0 Å². The first-order chi connectivity index (χ1) is 14.5. The van der Waals surface area contributed by atoms with Gasteiger partial charge >= 0.3 is 0 Å². The zero-order valence-corrected chi connectivity index (χ0v) is 19.3. The third kappa shape index (κ3) is 7.05. The topological polar surface area (TPSA) is 89.7 Å². The first kappa shape index (κ1) is 24.3. The molecule has 1 amide bonds. The number of rotatable bonds is 13. The molecule has 0 unspecified atom stereocenters. The molecule has 8 heteroatoms. The highest BCUT2D eigenvalue weighted by atomic mass is 32.1. The Labute approximate surface area is 183 Å². The highest BCUT2D eigenvalue weighted by molar-refractivity contribution is 7.15. The van der Waals surface area contributed by atoms with E-state index in [1.165, 1.54) is 0 Å². The van der Waals surface area contributed by atoms with Crippen molar-refractivity contribution in [2.24, 2.45) is 5.73 Å². The molecule has 1 heterocycles. The second-order valence-corrected chi connectivity index (χ2v) is 8.43. The highest BCUT2D eigenvalue weighted by Gasteiger charge is 2.25. The van der Waals surface area contributed by atoms with Gasteiger partial charge in [0, 0.05) is 36.3 Å². The van der Waals surface area contributed by atoms with Gasteiger partial charge in [0.15, 0.2) is 5.13 Å². The number of nitrogens with zero attached hydrogens (tertiary/aromatic N) is 2. The van der Waals surface area contributed by atoms with E-state index >= 15 is 0 Å². The monoisotopic (exact) mass is 434 g/mol. The Balaban J connectivity index is 1.95. The predicted octanol–water partition coefficient (Wildman–Crippen LogP) is 3.61. The van der Waals surface area contributed by atoms with Crippen molar-refractivity contribution in [2.75, 3.05) is 49.7 Å². The summed E-state index contributed by atoms with van der Waals surface area (Å²) in [6.07, 6.45) is 0.832. The zero-order chi connectivity index (χ0) is 21.9. The number of nitrogens with two attached hydrogens (primary N) is 1. The summed E-state index contributed by atoms with van der Waals surface area (Å²) in [5.41, 5.74) is 7.81. The first-order valence-corrected chi connectivity index (χ1v) is 11.2. The number of para-hydroxylation sites is 1. The molecule has 0 saturated heterocycles. The van der Waals surface area contributed by atoms with Crippen LogP contribution in [0, 0.1) is 13.8 Å². The lowest BCUT2D eigenvalue weighted by Gasteiger charge is -2.25. The van der Waals surface area contributed by atoms with Crippen LogP contribution in [0.25, 0.3) is 0 Å². The Bertz CT molecular complexity index is 775. The normalized spacial score (nSPS) is 11.1. The molecule has 0 fully saturated rings. The van der Waals surface area contributed by atoms with Crippen molar-refractivity contribution >= 4 is 28.1 Å². The average molecular weight is 435 g/mol. The molecule has 0 atom stereocenters. The van der Waals surface area contributed by atoms with E-state index in [1.54, 1.807) is 16.2 Å². The van der Waals surface area contributed by atoms with Crippen LogP contribution in [-0.4, -0.2) is 56.5 Å². The summed E-state index contributed by atoms with van der Waals surface area (Å²) in [5.74, 6) is -0.0462. The Morgan fingerprint density at radius 1 is 1.17 bits per heavy atom.